The number of carbonyl (C=O) groups is 1. The Morgan fingerprint density at radius 1 is 1.04 bits per heavy atom. The number of benzene rings is 2. The quantitative estimate of drug-likeness (QED) is 0.822. The van der Waals surface area contributed by atoms with Crippen LogP contribution in [-0.4, -0.2) is 38.5 Å². The maximum atomic E-state index is 12.4. The first kappa shape index (κ1) is 17.0. The van der Waals surface area contributed by atoms with E-state index in [-0.39, 0.29) is 17.9 Å². The predicted octanol–water partition coefficient (Wildman–Crippen LogP) is 2.57. The molecule has 1 N–H and O–H groups in total. The molecule has 1 saturated heterocycles. The number of urea groups is 1. The highest BCUT2D eigenvalue weighted by Gasteiger charge is 2.32. The molecule has 9 heteroatoms. The fourth-order valence-electron chi connectivity index (χ4n) is 2.28. The summed E-state index contributed by atoms with van der Waals surface area (Å²) in [4.78, 5) is 13.7. The van der Waals surface area contributed by atoms with Crippen molar-refractivity contribution in [3.05, 3.63) is 54.6 Å². The molecule has 25 heavy (non-hydrogen) atoms. The van der Waals surface area contributed by atoms with E-state index < -0.39 is 10.5 Å². The number of nitrogens with zero attached hydrogens (tertiary/aromatic N) is 1. The summed E-state index contributed by atoms with van der Waals surface area (Å²) in [6.45, 7) is 0.921. The van der Waals surface area contributed by atoms with Crippen LogP contribution in [0.2, 0.25) is 0 Å². The van der Waals surface area contributed by atoms with Crippen molar-refractivity contribution >= 4 is 22.2 Å². The topological polar surface area (TPSA) is 84.9 Å². The van der Waals surface area contributed by atoms with Crippen molar-refractivity contribution in [3.63, 3.8) is 0 Å². The first-order valence-electron chi connectivity index (χ1n) is 7.41. The van der Waals surface area contributed by atoms with Gasteiger partial charge in [-0.15, -0.1) is 0 Å². The van der Waals surface area contributed by atoms with Crippen LogP contribution in [0.15, 0.2) is 54.6 Å². The fraction of sp³-hybridized carbons (Fsp3) is 0.188. The van der Waals surface area contributed by atoms with Gasteiger partial charge >= 0.3 is 16.5 Å². The molecule has 3 rings (SSSR count). The molecule has 1 heterocycles. The van der Waals surface area contributed by atoms with Crippen molar-refractivity contribution in [3.8, 4) is 11.5 Å². The first-order valence-corrected chi connectivity index (χ1v) is 8.72. The van der Waals surface area contributed by atoms with E-state index in [1.807, 2.05) is 30.3 Å². The molecule has 1 aliphatic rings. The molecule has 0 unspecified atom stereocenters. The van der Waals surface area contributed by atoms with Gasteiger partial charge in [-0.1, -0.05) is 22.1 Å². The molecule has 0 bridgehead atoms. The minimum atomic E-state index is -5.06. The van der Waals surface area contributed by atoms with Crippen LogP contribution in [0.4, 0.5) is 14.4 Å². The van der Waals surface area contributed by atoms with Gasteiger partial charge in [0.1, 0.15) is 17.6 Å². The second-order valence-corrected chi connectivity index (χ2v) is 6.34. The maximum Gasteiger partial charge on any atom is 0.488 e. The number of hydrogen-bond acceptors (Lipinski definition) is 5. The number of amides is 2. The molecule has 0 aromatic heterocycles. The van der Waals surface area contributed by atoms with E-state index >= 15 is 0 Å². The smallest absolute Gasteiger partial charge is 0.487 e. The van der Waals surface area contributed by atoms with Crippen molar-refractivity contribution in [2.75, 3.05) is 18.4 Å². The van der Waals surface area contributed by atoms with Gasteiger partial charge in [-0.25, -0.2) is 4.79 Å². The van der Waals surface area contributed by atoms with E-state index in [0.29, 0.717) is 18.8 Å². The average molecular weight is 366 g/mol. The molecule has 0 spiro atoms. The lowest BCUT2D eigenvalue weighted by atomic mass is 10.2. The summed E-state index contributed by atoms with van der Waals surface area (Å²) in [6, 6.07) is 14.3. The molecule has 0 aliphatic carbocycles. The Morgan fingerprint density at radius 2 is 1.68 bits per heavy atom. The fourth-order valence-corrected chi connectivity index (χ4v) is 2.62. The highest BCUT2D eigenvalue weighted by Crippen LogP contribution is 2.21. The number of anilines is 1. The van der Waals surface area contributed by atoms with Gasteiger partial charge in [-0.3, -0.25) is 0 Å². The number of hydrogen-bond donors (Lipinski definition) is 1. The lowest BCUT2D eigenvalue weighted by Crippen LogP contribution is -2.57. The lowest BCUT2D eigenvalue weighted by molar-refractivity contribution is 0.0493. The summed E-state index contributed by atoms with van der Waals surface area (Å²) in [5.74, 6) is 0.576. The van der Waals surface area contributed by atoms with E-state index in [4.69, 9.17) is 4.74 Å². The predicted molar refractivity (Wildman–Crippen MR) is 88.5 cm³/mol. The third-order valence-electron chi connectivity index (χ3n) is 3.48. The van der Waals surface area contributed by atoms with Gasteiger partial charge in [0, 0.05) is 5.69 Å². The Balaban J connectivity index is 1.47. The maximum absolute atomic E-state index is 12.4. The molecule has 2 amide bonds. The van der Waals surface area contributed by atoms with Crippen LogP contribution in [0.5, 0.6) is 11.5 Å². The first-order chi connectivity index (χ1) is 11.9. The Bertz CT molecular complexity index is 837. The number of likely N-dealkylation sites (tertiary alicyclic amines) is 1. The third-order valence-corrected chi connectivity index (χ3v) is 3.87. The van der Waals surface area contributed by atoms with E-state index in [1.54, 1.807) is 4.90 Å². The number of nitrogens with one attached hydrogen (secondary N) is 1. The van der Waals surface area contributed by atoms with Crippen LogP contribution in [-0.2, 0) is 10.5 Å². The van der Waals surface area contributed by atoms with Crippen molar-refractivity contribution < 1.29 is 26.0 Å². The van der Waals surface area contributed by atoms with Crippen LogP contribution in [0.3, 0.4) is 0 Å². The molecule has 1 aliphatic heterocycles. The Hall–Kier alpha value is -2.81. The summed E-state index contributed by atoms with van der Waals surface area (Å²) in [6.07, 6.45) is -0.0568. The van der Waals surface area contributed by atoms with E-state index in [0.717, 1.165) is 5.75 Å². The zero-order valence-corrected chi connectivity index (χ0v) is 13.8. The van der Waals surface area contributed by atoms with Gasteiger partial charge in [0.25, 0.3) is 0 Å². The van der Waals surface area contributed by atoms with Crippen LogP contribution in [0.1, 0.15) is 0 Å². The highest BCUT2D eigenvalue weighted by molar-refractivity contribution is 7.81. The van der Waals surface area contributed by atoms with Crippen molar-refractivity contribution in [1.82, 2.24) is 4.90 Å². The van der Waals surface area contributed by atoms with E-state index in [9.17, 15) is 17.1 Å². The zero-order valence-electron chi connectivity index (χ0n) is 13.0. The molecule has 1 fully saturated rings. The van der Waals surface area contributed by atoms with Crippen LogP contribution in [0.25, 0.3) is 0 Å². The number of carbonyl (C=O) groups excluding carboxylic acids is 1. The second-order valence-electron chi connectivity index (χ2n) is 5.39. The standard InChI is InChI=1S/C16H15FN2O5S/c17-25(21,22)24-14-8-6-12(7-9-14)18-16(20)19-10-15(11-19)23-13-4-2-1-3-5-13/h1-9,15H,10-11H2,(H,18,20). The minimum absolute atomic E-state index is 0.0568. The summed E-state index contributed by atoms with van der Waals surface area (Å²) < 4.78 is 43.0. The normalized spacial score (nSPS) is 14.5. The summed E-state index contributed by atoms with van der Waals surface area (Å²) in [5, 5.41) is 2.65. The van der Waals surface area contributed by atoms with E-state index in [1.165, 1.54) is 24.3 Å². The molecular formula is C16H15FN2O5S. The minimum Gasteiger partial charge on any atom is -0.487 e. The van der Waals surface area contributed by atoms with Crippen molar-refractivity contribution in [1.29, 1.82) is 0 Å². The number of para-hydroxylation sites is 1. The summed E-state index contributed by atoms with van der Waals surface area (Å²) in [5.41, 5.74) is 0.432. The molecule has 7 nitrogen and oxygen atoms in total. The van der Waals surface area contributed by atoms with Gasteiger partial charge in [-0.2, -0.15) is 8.42 Å². The molecule has 132 valence electrons. The SMILES string of the molecule is O=C(Nc1ccc(OS(=O)(=O)F)cc1)N1CC(Oc2ccccc2)C1. The monoisotopic (exact) mass is 366 g/mol. The van der Waals surface area contributed by atoms with Crippen LogP contribution in [0, 0.1) is 0 Å². The number of halogens is 1. The Labute approximate surface area is 144 Å². The van der Waals surface area contributed by atoms with Crippen molar-refractivity contribution in [2.24, 2.45) is 0 Å². The average Bonchev–Trinajstić information content (AvgIpc) is 2.52. The van der Waals surface area contributed by atoms with Gasteiger partial charge in [0.05, 0.1) is 13.1 Å². The molecule has 0 radical (unpaired) electrons. The Kier molecular flexibility index (Phi) is 4.75. The van der Waals surface area contributed by atoms with Crippen molar-refractivity contribution in [2.45, 2.75) is 6.10 Å². The Morgan fingerprint density at radius 3 is 2.28 bits per heavy atom. The zero-order chi connectivity index (χ0) is 17.9. The van der Waals surface area contributed by atoms with Gasteiger partial charge < -0.3 is 19.1 Å². The molecule has 0 atom stereocenters. The second kappa shape index (κ2) is 6.98. The molecule has 2 aromatic rings. The lowest BCUT2D eigenvalue weighted by Gasteiger charge is -2.38. The van der Waals surface area contributed by atoms with Crippen LogP contribution < -0.4 is 14.2 Å². The molecule has 0 saturated carbocycles. The van der Waals surface area contributed by atoms with Crippen LogP contribution >= 0.6 is 0 Å². The van der Waals surface area contributed by atoms with Gasteiger partial charge in [0.15, 0.2) is 0 Å². The number of ether oxygens (including phenoxy) is 1. The highest BCUT2D eigenvalue weighted by atomic mass is 32.3. The largest absolute Gasteiger partial charge is 0.488 e. The van der Waals surface area contributed by atoms with E-state index in [2.05, 4.69) is 9.50 Å². The third kappa shape index (κ3) is 4.83. The number of rotatable bonds is 5. The van der Waals surface area contributed by atoms with Gasteiger partial charge in [0.2, 0.25) is 0 Å². The van der Waals surface area contributed by atoms with Gasteiger partial charge in [-0.05, 0) is 36.4 Å². The molecule has 2 aromatic carbocycles. The summed E-state index contributed by atoms with van der Waals surface area (Å²) in [7, 11) is -5.06. The summed E-state index contributed by atoms with van der Waals surface area (Å²) >= 11 is 0. The molecular weight excluding hydrogens is 351 g/mol.